The number of hydrogen-bond donors (Lipinski definition) is 2. The molecule has 5 heteroatoms. The normalized spacial score (nSPS) is 22.6. The second-order valence-electron chi connectivity index (χ2n) is 6.60. The first-order valence-electron chi connectivity index (χ1n) is 8.13. The minimum atomic E-state index is -0.429. The van der Waals surface area contributed by atoms with Gasteiger partial charge in [-0.2, -0.15) is 0 Å². The van der Waals surface area contributed by atoms with E-state index in [9.17, 15) is 9.59 Å². The van der Waals surface area contributed by atoms with Gasteiger partial charge in [-0.25, -0.2) is 0 Å². The first-order chi connectivity index (χ1) is 9.86. The summed E-state index contributed by atoms with van der Waals surface area (Å²) in [6.45, 7) is 9.61. The highest BCUT2D eigenvalue weighted by molar-refractivity contribution is 5.89. The number of likely N-dealkylation sites (tertiary alicyclic amines) is 1. The molecule has 0 bridgehead atoms. The Hall–Kier alpha value is -1.10. The Morgan fingerprint density at radius 3 is 2.38 bits per heavy atom. The van der Waals surface area contributed by atoms with E-state index >= 15 is 0 Å². The lowest BCUT2D eigenvalue weighted by molar-refractivity contribution is -0.138. The van der Waals surface area contributed by atoms with Crippen molar-refractivity contribution in [2.75, 3.05) is 20.1 Å². The van der Waals surface area contributed by atoms with E-state index in [1.807, 2.05) is 18.7 Å². The van der Waals surface area contributed by atoms with Crippen molar-refractivity contribution >= 4 is 11.8 Å². The van der Waals surface area contributed by atoms with E-state index in [0.717, 1.165) is 25.9 Å². The van der Waals surface area contributed by atoms with Gasteiger partial charge < -0.3 is 15.5 Å². The monoisotopic (exact) mass is 297 g/mol. The van der Waals surface area contributed by atoms with Crippen molar-refractivity contribution in [1.82, 2.24) is 15.5 Å². The highest BCUT2D eigenvalue weighted by Gasteiger charge is 2.30. The van der Waals surface area contributed by atoms with Crippen LogP contribution < -0.4 is 10.6 Å². The molecule has 0 radical (unpaired) electrons. The van der Waals surface area contributed by atoms with Crippen molar-refractivity contribution in [1.29, 1.82) is 0 Å². The van der Waals surface area contributed by atoms with Gasteiger partial charge in [-0.1, -0.05) is 20.8 Å². The number of rotatable bonds is 5. The SMILES string of the molecule is CN[C@@H](C)C(=O)N[C@H](C(=O)N1CCC[C@@H](C)CC1)C(C)C. The van der Waals surface area contributed by atoms with Gasteiger partial charge in [0.25, 0.3) is 0 Å². The van der Waals surface area contributed by atoms with Gasteiger partial charge in [-0.3, -0.25) is 9.59 Å². The number of amides is 2. The molecule has 0 spiro atoms. The minimum Gasteiger partial charge on any atom is -0.343 e. The zero-order valence-corrected chi connectivity index (χ0v) is 14.1. The Morgan fingerprint density at radius 2 is 1.81 bits per heavy atom. The molecule has 0 aromatic heterocycles. The molecule has 21 heavy (non-hydrogen) atoms. The van der Waals surface area contributed by atoms with Gasteiger partial charge in [0.2, 0.25) is 11.8 Å². The van der Waals surface area contributed by atoms with Gasteiger partial charge in [-0.15, -0.1) is 0 Å². The Kier molecular flexibility index (Phi) is 7.15. The smallest absolute Gasteiger partial charge is 0.245 e. The summed E-state index contributed by atoms with van der Waals surface area (Å²) in [6, 6.07) is -0.718. The molecule has 2 N–H and O–H groups in total. The number of carbonyl (C=O) groups is 2. The van der Waals surface area contributed by atoms with Crippen molar-refractivity contribution in [3.8, 4) is 0 Å². The number of hydrogen-bond acceptors (Lipinski definition) is 3. The zero-order chi connectivity index (χ0) is 16.0. The lowest BCUT2D eigenvalue weighted by Gasteiger charge is -2.29. The van der Waals surface area contributed by atoms with Crippen LogP contribution in [0.3, 0.4) is 0 Å². The highest BCUT2D eigenvalue weighted by atomic mass is 16.2. The molecule has 1 aliphatic heterocycles. The van der Waals surface area contributed by atoms with E-state index in [-0.39, 0.29) is 23.8 Å². The van der Waals surface area contributed by atoms with E-state index in [1.165, 1.54) is 6.42 Å². The zero-order valence-electron chi connectivity index (χ0n) is 14.1. The molecule has 1 heterocycles. The molecule has 3 atom stereocenters. The van der Waals surface area contributed by atoms with E-state index in [2.05, 4.69) is 17.6 Å². The lowest BCUT2D eigenvalue weighted by atomic mass is 10.0. The van der Waals surface area contributed by atoms with Crippen LogP contribution in [0.2, 0.25) is 0 Å². The largest absolute Gasteiger partial charge is 0.343 e. The first kappa shape index (κ1) is 18.0. The summed E-state index contributed by atoms with van der Waals surface area (Å²) in [5.41, 5.74) is 0. The van der Waals surface area contributed by atoms with Crippen LogP contribution in [0.15, 0.2) is 0 Å². The predicted molar refractivity (Wildman–Crippen MR) is 84.9 cm³/mol. The minimum absolute atomic E-state index is 0.0655. The van der Waals surface area contributed by atoms with Crippen LogP contribution in [-0.4, -0.2) is 48.9 Å². The Balaban J connectivity index is 2.70. The van der Waals surface area contributed by atoms with Crippen LogP contribution in [0.5, 0.6) is 0 Å². The summed E-state index contributed by atoms with van der Waals surface area (Å²) in [5.74, 6) is 0.717. The third kappa shape index (κ3) is 5.30. The average molecular weight is 297 g/mol. The van der Waals surface area contributed by atoms with Gasteiger partial charge >= 0.3 is 0 Å². The number of likely N-dealkylation sites (N-methyl/N-ethyl adjacent to an activating group) is 1. The summed E-state index contributed by atoms with van der Waals surface area (Å²) in [6.07, 6.45) is 3.29. The van der Waals surface area contributed by atoms with Crippen LogP contribution in [0.1, 0.15) is 47.0 Å². The van der Waals surface area contributed by atoms with Gasteiger partial charge in [0.1, 0.15) is 6.04 Å². The molecule has 1 fully saturated rings. The molecular formula is C16H31N3O2. The second kappa shape index (κ2) is 8.37. The number of carbonyl (C=O) groups excluding carboxylic acids is 2. The van der Waals surface area contributed by atoms with Crippen LogP contribution in [0.25, 0.3) is 0 Å². The van der Waals surface area contributed by atoms with E-state index in [0.29, 0.717) is 5.92 Å². The Bertz CT molecular complexity index is 357. The van der Waals surface area contributed by atoms with Crippen LogP contribution in [-0.2, 0) is 9.59 Å². The fourth-order valence-corrected chi connectivity index (χ4v) is 2.60. The van der Waals surface area contributed by atoms with Crippen molar-refractivity contribution in [2.24, 2.45) is 11.8 Å². The van der Waals surface area contributed by atoms with Gasteiger partial charge in [0.15, 0.2) is 0 Å². The molecule has 122 valence electrons. The van der Waals surface area contributed by atoms with Gasteiger partial charge in [-0.05, 0) is 45.1 Å². The van der Waals surface area contributed by atoms with Crippen LogP contribution >= 0.6 is 0 Å². The third-order valence-corrected chi connectivity index (χ3v) is 4.39. The van der Waals surface area contributed by atoms with Crippen LogP contribution in [0.4, 0.5) is 0 Å². The number of nitrogens with zero attached hydrogens (tertiary/aromatic N) is 1. The summed E-state index contributed by atoms with van der Waals surface area (Å²) >= 11 is 0. The molecule has 0 unspecified atom stereocenters. The van der Waals surface area contributed by atoms with Crippen molar-refractivity contribution in [3.05, 3.63) is 0 Å². The van der Waals surface area contributed by atoms with E-state index in [4.69, 9.17) is 0 Å². The molecule has 2 amide bonds. The van der Waals surface area contributed by atoms with Gasteiger partial charge in [0, 0.05) is 13.1 Å². The maximum absolute atomic E-state index is 12.7. The van der Waals surface area contributed by atoms with Crippen molar-refractivity contribution in [3.63, 3.8) is 0 Å². The summed E-state index contributed by atoms with van der Waals surface area (Å²) in [5, 5.41) is 5.81. The Morgan fingerprint density at radius 1 is 1.14 bits per heavy atom. The standard InChI is InChI=1S/C16H31N3O2/c1-11(2)14(18-15(20)13(4)17-5)16(21)19-9-6-7-12(3)8-10-19/h11-14,17H,6-10H2,1-5H3,(H,18,20)/t12-,13+,14+/m1/s1. The highest BCUT2D eigenvalue weighted by Crippen LogP contribution is 2.18. The van der Waals surface area contributed by atoms with E-state index in [1.54, 1.807) is 14.0 Å². The molecule has 0 aliphatic carbocycles. The molecule has 0 saturated carbocycles. The van der Waals surface area contributed by atoms with Crippen molar-refractivity contribution < 1.29 is 9.59 Å². The number of nitrogens with one attached hydrogen (secondary N) is 2. The first-order valence-corrected chi connectivity index (χ1v) is 8.13. The molecule has 0 aromatic carbocycles. The average Bonchev–Trinajstić information content (AvgIpc) is 2.67. The van der Waals surface area contributed by atoms with Crippen LogP contribution in [0, 0.1) is 11.8 Å². The summed E-state index contributed by atoms with van der Waals surface area (Å²) in [7, 11) is 1.74. The predicted octanol–water partition coefficient (Wildman–Crippen LogP) is 1.38. The maximum atomic E-state index is 12.7. The van der Waals surface area contributed by atoms with E-state index < -0.39 is 6.04 Å². The second-order valence-corrected chi connectivity index (χ2v) is 6.60. The lowest BCUT2D eigenvalue weighted by Crippen LogP contribution is -2.54. The van der Waals surface area contributed by atoms with Gasteiger partial charge in [0.05, 0.1) is 6.04 Å². The van der Waals surface area contributed by atoms with Crippen molar-refractivity contribution in [2.45, 2.75) is 59.0 Å². The quantitative estimate of drug-likeness (QED) is 0.806. The topological polar surface area (TPSA) is 61.4 Å². The fraction of sp³-hybridized carbons (Fsp3) is 0.875. The molecular weight excluding hydrogens is 266 g/mol. The molecule has 1 aliphatic rings. The fourth-order valence-electron chi connectivity index (χ4n) is 2.60. The summed E-state index contributed by atoms with van der Waals surface area (Å²) < 4.78 is 0. The molecule has 1 rings (SSSR count). The summed E-state index contributed by atoms with van der Waals surface area (Å²) in [4.78, 5) is 26.7. The molecule has 0 aromatic rings. The Labute approximate surface area is 128 Å². The maximum Gasteiger partial charge on any atom is 0.245 e. The molecule has 1 saturated heterocycles. The third-order valence-electron chi connectivity index (χ3n) is 4.39. The molecule has 5 nitrogen and oxygen atoms in total.